The van der Waals surface area contributed by atoms with Crippen molar-refractivity contribution in [3.05, 3.63) is 0 Å². The van der Waals surface area contributed by atoms with E-state index in [1.165, 1.54) is 0 Å². The first kappa shape index (κ1) is 26.4. The van der Waals surface area contributed by atoms with Gasteiger partial charge in [0.1, 0.15) is 6.54 Å². The molecule has 2 unspecified atom stereocenters. The fourth-order valence-electron chi connectivity index (χ4n) is 3.54. The van der Waals surface area contributed by atoms with E-state index in [9.17, 15) is 4.79 Å². The average Bonchev–Trinajstić information content (AvgIpc) is 3.20. The van der Waals surface area contributed by atoms with Crippen LogP contribution in [0.2, 0.25) is 0 Å². The van der Waals surface area contributed by atoms with Gasteiger partial charge in [-0.3, -0.25) is 9.69 Å². The third-order valence-electron chi connectivity index (χ3n) is 5.20. The zero-order valence-corrected chi connectivity index (χ0v) is 20.8. The Labute approximate surface area is 193 Å². The van der Waals surface area contributed by atoms with Gasteiger partial charge in [0.25, 0.3) is 0 Å². The number of rotatable bonds is 9. The standard InChI is InChI=1S/C20H39N5O3.HI/c1-16(2)12-17(25-7-10-27-11-8-25)13-21-20(23-15-19(26)24(3)4)22-14-18-6-5-9-28-18;/h16-18H,5-15H2,1-4H3,(H2,21,22,23);1H. The summed E-state index contributed by atoms with van der Waals surface area (Å²) >= 11 is 0. The largest absolute Gasteiger partial charge is 0.379 e. The lowest BCUT2D eigenvalue weighted by Crippen LogP contribution is -2.51. The second-order valence-electron chi connectivity index (χ2n) is 8.28. The third kappa shape index (κ3) is 10.3. The van der Waals surface area contributed by atoms with Crippen molar-refractivity contribution in [2.75, 3.05) is 66.6 Å². The van der Waals surface area contributed by atoms with E-state index in [-0.39, 0.29) is 42.5 Å². The summed E-state index contributed by atoms with van der Waals surface area (Å²) < 4.78 is 11.2. The van der Waals surface area contributed by atoms with Crippen LogP contribution < -0.4 is 10.6 Å². The molecule has 9 heteroatoms. The number of nitrogens with one attached hydrogen (secondary N) is 2. The molecule has 2 fully saturated rings. The molecule has 0 aromatic heterocycles. The van der Waals surface area contributed by atoms with Gasteiger partial charge in [0.2, 0.25) is 5.91 Å². The number of aliphatic imine (C=N–C) groups is 1. The summed E-state index contributed by atoms with van der Waals surface area (Å²) in [6.07, 6.45) is 3.52. The molecule has 2 saturated heterocycles. The van der Waals surface area contributed by atoms with Crippen LogP contribution in [0.25, 0.3) is 0 Å². The molecule has 2 N–H and O–H groups in total. The van der Waals surface area contributed by atoms with E-state index in [1.54, 1.807) is 19.0 Å². The summed E-state index contributed by atoms with van der Waals surface area (Å²) in [5.41, 5.74) is 0. The molecule has 29 heavy (non-hydrogen) atoms. The van der Waals surface area contributed by atoms with Crippen molar-refractivity contribution in [3.8, 4) is 0 Å². The zero-order chi connectivity index (χ0) is 20.4. The lowest BCUT2D eigenvalue weighted by atomic mass is 10.0. The van der Waals surface area contributed by atoms with Crippen molar-refractivity contribution in [1.29, 1.82) is 0 Å². The Kier molecular flexibility index (Phi) is 13.1. The lowest BCUT2D eigenvalue weighted by Gasteiger charge is -2.35. The maximum atomic E-state index is 12.0. The first-order valence-electron chi connectivity index (χ1n) is 10.6. The highest BCUT2D eigenvalue weighted by atomic mass is 127. The summed E-state index contributed by atoms with van der Waals surface area (Å²) in [7, 11) is 3.50. The van der Waals surface area contributed by atoms with Crippen LogP contribution in [-0.2, 0) is 14.3 Å². The third-order valence-corrected chi connectivity index (χ3v) is 5.20. The van der Waals surface area contributed by atoms with Gasteiger partial charge in [-0.1, -0.05) is 13.8 Å². The van der Waals surface area contributed by atoms with E-state index >= 15 is 0 Å². The molecule has 2 aliphatic rings. The highest BCUT2D eigenvalue weighted by Crippen LogP contribution is 2.13. The van der Waals surface area contributed by atoms with Crippen LogP contribution in [0.15, 0.2) is 4.99 Å². The van der Waals surface area contributed by atoms with Crippen molar-refractivity contribution in [2.24, 2.45) is 10.9 Å². The molecule has 170 valence electrons. The Morgan fingerprint density at radius 3 is 2.52 bits per heavy atom. The molecule has 0 bridgehead atoms. The van der Waals surface area contributed by atoms with Crippen molar-refractivity contribution >= 4 is 35.8 Å². The number of halogens is 1. The van der Waals surface area contributed by atoms with Crippen LogP contribution >= 0.6 is 24.0 Å². The van der Waals surface area contributed by atoms with Crippen LogP contribution in [0.1, 0.15) is 33.1 Å². The molecule has 0 saturated carbocycles. The van der Waals surface area contributed by atoms with Crippen LogP contribution in [0, 0.1) is 5.92 Å². The molecule has 0 spiro atoms. The smallest absolute Gasteiger partial charge is 0.243 e. The van der Waals surface area contributed by atoms with Gasteiger partial charge in [-0.2, -0.15) is 0 Å². The van der Waals surface area contributed by atoms with Gasteiger partial charge in [0.05, 0.1) is 19.3 Å². The molecule has 0 aromatic carbocycles. The number of hydrogen-bond acceptors (Lipinski definition) is 5. The summed E-state index contributed by atoms with van der Waals surface area (Å²) in [5.74, 6) is 1.29. The van der Waals surface area contributed by atoms with Gasteiger partial charge in [-0.05, 0) is 25.2 Å². The molecule has 2 heterocycles. The number of likely N-dealkylation sites (N-methyl/N-ethyl adjacent to an activating group) is 1. The van der Waals surface area contributed by atoms with E-state index in [0.717, 1.165) is 58.7 Å². The minimum absolute atomic E-state index is 0. The van der Waals surface area contributed by atoms with Gasteiger partial charge in [0.15, 0.2) is 5.96 Å². The van der Waals surface area contributed by atoms with Crippen LogP contribution in [0.5, 0.6) is 0 Å². The van der Waals surface area contributed by atoms with Crippen molar-refractivity contribution in [1.82, 2.24) is 20.4 Å². The van der Waals surface area contributed by atoms with E-state index in [1.807, 2.05) is 0 Å². The number of morpholine rings is 1. The Bertz CT molecular complexity index is 493. The first-order valence-corrected chi connectivity index (χ1v) is 10.6. The minimum Gasteiger partial charge on any atom is -0.379 e. The number of amides is 1. The molecule has 2 rings (SSSR count). The molecular weight excluding hydrogens is 485 g/mol. The molecule has 0 aliphatic carbocycles. The van der Waals surface area contributed by atoms with Gasteiger partial charge in [-0.15, -0.1) is 24.0 Å². The van der Waals surface area contributed by atoms with Crippen LogP contribution in [0.4, 0.5) is 0 Å². The van der Waals surface area contributed by atoms with Gasteiger partial charge in [-0.25, -0.2) is 4.99 Å². The van der Waals surface area contributed by atoms with E-state index in [0.29, 0.717) is 24.5 Å². The van der Waals surface area contributed by atoms with Gasteiger partial charge in [0, 0.05) is 52.9 Å². The van der Waals surface area contributed by atoms with Crippen molar-refractivity contribution in [2.45, 2.75) is 45.3 Å². The fraction of sp³-hybridized carbons (Fsp3) is 0.900. The highest BCUT2D eigenvalue weighted by Gasteiger charge is 2.22. The fourth-order valence-corrected chi connectivity index (χ4v) is 3.54. The normalized spacial score (nSPS) is 21.6. The second-order valence-corrected chi connectivity index (χ2v) is 8.28. The van der Waals surface area contributed by atoms with Gasteiger partial charge < -0.3 is 25.0 Å². The Hall–Kier alpha value is -0.650. The van der Waals surface area contributed by atoms with Gasteiger partial charge >= 0.3 is 0 Å². The Morgan fingerprint density at radius 2 is 1.93 bits per heavy atom. The number of guanidine groups is 1. The zero-order valence-electron chi connectivity index (χ0n) is 18.5. The predicted molar refractivity (Wildman–Crippen MR) is 127 cm³/mol. The maximum Gasteiger partial charge on any atom is 0.243 e. The average molecular weight is 525 g/mol. The molecule has 0 radical (unpaired) electrons. The number of hydrogen-bond donors (Lipinski definition) is 2. The Morgan fingerprint density at radius 1 is 1.21 bits per heavy atom. The monoisotopic (exact) mass is 525 g/mol. The lowest BCUT2D eigenvalue weighted by molar-refractivity contribution is -0.127. The predicted octanol–water partition coefficient (Wildman–Crippen LogP) is 1.15. The molecule has 8 nitrogen and oxygen atoms in total. The summed E-state index contributed by atoms with van der Waals surface area (Å²) in [4.78, 5) is 20.5. The molecule has 0 aromatic rings. The summed E-state index contributed by atoms with van der Waals surface area (Å²) in [6, 6.07) is 0.420. The number of ether oxygens (including phenoxy) is 2. The SMILES string of the molecule is CC(C)CC(CNC(=NCC(=O)N(C)C)NCC1CCCO1)N1CCOCC1.I. The van der Waals surface area contributed by atoms with Crippen molar-refractivity contribution in [3.63, 3.8) is 0 Å². The molecule has 1 amide bonds. The number of nitrogens with zero attached hydrogens (tertiary/aromatic N) is 3. The Balaban J connectivity index is 0.00000420. The maximum absolute atomic E-state index is 12.0. The minimum atomic E-state index is -0.00914. The summed E-state index contributed by atoms with van der Waals surface area (Å²) in [6.45, 7) is 10.5. The second kappa shape index (κ2) is 14.4. The number of carbonyl (C=O) groups excluding carboxylic acids is 1. The first-order chi connectivity index (χ1) is 13.5. The van der Waals surface area contributed by atoms with E-state index in [2.05, 4.69) is 34.4 Å². The highest BCUT2D eigenvalue weighted by molar-refractivity contribution is 14.0. The topological polar surface area (TPSA) is 78.4 Å². The molecule has 2 aliphatic heterocycles. The quantitative estimate of drug-likeness (QED) is 0.267. The molecule has 2 atom stereocenters. The van der Waals surface area contributed by atoms with E-state index in [4.69, 9.17) is 9.47 Å². The summed E-state index contributed by atoms with van der Waals surface area (Å²) in [5, 5.41) is 6.84. The van der Waals surface area contributed by atoms with Crippen molar-refractivity contribution < 1.29 is 14.3 Å². The number of carbonyl (C=O) groups is 1. The van der Waals surface area contributed by atoms with Crippen LogP contribution in [-0.4, -0.2) is 100 Å². The van der Waals surface area contributed by atoms with Crippen LogP contribution in [0.3, 0.4) is 0 Å². The van der Waals surface area contributed by atoms with E-state index < -0.39 is 0 Å². The molecular formula is C20H40IN5O3.